The molecule has 0 aromatic heterocycles. The Hall–Kier alpha value is -2.79. The molecule has 2 aromatic carbocycles. The van der Waals surface area contributed by atoms with Crippen LogP contribution in [0.3, 0.4) is 0 Å². The topological polar surface area (TPSA) is 57.3 Å². The minimum Gasteiger partial charge on any atom is -0.490 e. The van der Waals surface area contributed by atoms with E-state index in [9.17, 15) is 4.79 Å². The highest BCUT2D eigenvalue weighted by atomic mass is 35.5. The maximum Gasteiger partial charge on any atom is 0.284 e. The Morgan fingerprint density at radius 3 is 2.75 bits per heavy atom. The van der Waals surface area contributed by atoms with Crippen molar-refractivity contribution < 1.29 is 9.15 Å². The van der Waals surface area contributed by atoms with Gasteiger partial charge in [0.25, 0.3) is 5.56 Å². The zero-order chi connectivity index (χ0) is 16.7. The molecule has 6 heteroatoms. The molecule has 0 atom stereocenters. The Morgan fingerprint density at radius 2 is 2.00 bits per heavy atom. The minimum absolute atomic E-state index is 0.236. The lowest BCUT2D eigenvalue weighted by Gasteiger charge is -2.06. The number of nitrogens with zero attached hydrogens (tertiary/aromatic N) is 2. The fourth-order valence-electron chi connectivity index (χ4n) is 2.63. The molecule has 5 nitrogen and oxygen atoms in total. The zero-order valence-electron chi connectivity index (χ0n) is 12.8. The normalized spacial score (nSPS) is 11.2. The first kappa shape index (κ1) is 14.8. The van der Waals surface area contributed by atoms with Crippen LogP contribution >= 0.6 is 11.6 Å². The van der Waals surface area contributed by atoms with E-state index in [1.54, 1.807) is 30.3 Å². The van der Waals surface area contributed by atoms with Gasteiger partial charge in [-0.3, -0.25) is 4.79 Å². The molecule has 0 bridgehead atoms. The van der Waals surface area contributed by atoms with Crippen LogP contribution in [-0.2, 0) is 0 Å². The van der Waals surface area contributed by atoms with E-state index >= 15 is 0 Å². The third kappa shape index (κ3) is 2.34. The molecule has 24 heavy (non-hydrogen) atoms. The van der Waals surface area contributed by atoms with Crippen LogP contribution in [0.15, 0.2) is 57.7 Å². The summed E-state index contributed by atoms with van der Waals surface area (Å²) in [6, 6.07) is 14.2. The molecule has 2 aliphatic heterocycles. The first-order valence-corrected chi connectivity index (χ1v) is 7.89. The molecule has 0 amide bonds. The van der Waals surface area contributed by atoms with Gasteiger partial charge in [0.2, 0.25) is 5.89 Å². The van der Waals surface area contributed by atoms with Crippen molar-refractivity contribution in [3.8, 4) is 22.9 Å². The van der Waals surface area contributed by atoms with Gasteiger partial charge in [0.1, 0.15) is 5.56 Å². The molecule has 2 heterocycles. The second kappa shape index (κ2) is 5.69. The summed E-state index contributed by atoms with van der Waals surface area (Å²) in [4.78, 5) is 12.6. The van der Waals surface area contributed by atoms with E-state index in [0.29, 0.717) is 34.2 Å². The molecule has 4 rings (SSSR count). The number of fused-ring (bicyclic) bond motifs is 2. The highest BCUT2D eigenvalue weighted by Gasteiger charge is 2.20. The third-order valence-electron chi connectivity index (χ3n) is 3.72. The first-order chi connectivity index (χ1) is 11.7. The van der Waals surface area contributed by atoms with Gasteiger partial charge < -0.3 is 9.15 Å². The van der Waals surface area contributed by atoms with Crippen LogP contribution in [0.25, 0.3) is 28.1 Å². The highest BCUT2D eigenvalue weighted by molar-refractivity contribution is 6.30. The van der Waals surface area contributed by atoms with Crippen LogP contribution in [0.5, 0.6) is 5.75 Å². The molecule has 0 radical (unpaired) electrons. The summed E-state index contributed by atoms with van der Waals surface area (Å²) in [6.45, 7) is 2.43. The third-order valence-corrected chi connectivity index (χ3v) is 3.97. The molecule has 120 valence electrons. The number of benzene rings is 2. The molecule has 2 aromatic rings. The summed E-state index contributed by atoms with van der Waals surface area (Å²) in [6.07, 6.45) is 0. The van der Waals surface area contributed by atoms with Gasteiger partial charge in [-0.15, -0.1) is 5.10 Å². The molecule has 0 N–H and O–H groups in total. The lowest BCUT2D eigenvalue weighted by atomic mass is 10.1. The summed E-state index contributed by atoms with van der Waals surface area (Å²) in [5, 5.41) is 5.69. The molecule has 0 spiro atoms. The summed E-state index contributed by atoms with van der Waals surface area (Å²) < 4.78 is 12.7. The fourth-order valence-corrected chi connectivity index (χ4v) is 2.75. The molecule has 2 aliphatic rings. The Labute approximate surface area is 142 Å². The summed E-state index contributed by atoms with van der Waals surface area (Å²) in [5.74, 6) is 0.903. The minimum atomic E-state index is -0.236. The van der Waals surface area contributed by atoms with E-state index in [1.807, 2.05) is 25.1 Å². The maximum absolute atomic E-state index is 12.6. The molecule has 0 fully saturated rings. The summed E-state index contributed by atoms with van der Waals surface area (Å²) >= 11 is 5.90. The molecule has 0 saturated heterocycles. The predicted octanol–water partition coefficient (Wildman–Crippen LogP) is 4.14. The van der Waals surface area contributed by atoms with Crippen molar-refractivity contribution in [3.05, 3.63) is 63.9 Å². The number of hydrogen-bond donors (Lipinski definition) is 0. The number of para-hydroxylation sites is 1. The lowest BCUT2D eigenvalue weighted by molar-refractivity contribution is 0.338. The average Bonchev–Trinajstić information content (AvgIpc) is 2.91. The zero-order valence-corrected chi connectivity index (χ0v) is 13.6. The van der Waals surface area contributed by atoms with Crippen molar-refractivity contribution in [2.75, 3.05) is 6.61 Å². The Morgan fingerprint density at radius 1 is 1.21 bits per heavy atom. The van der Waals surface area contributed by atoms with Crippen LogP contribution in [0.2, 0.25) is 5.02 Å². The number of ether oxygens (including phenoxy) is 1. The lowest BCUT2D eigenvalue weighted by Crippen LogP contribution is -2.14. The fraction of sp³-hybridized carbons (Fsp3) is 0.111. The number of halogens is 1. The second-order valence-corrected chi connectivity index (χ2v) is 5.70. The van der Waals surface area contributed by atoms with E-state index in [0.717, 1.165) is 5.39 Å². The molecular formula is C18H13ClN2O3. The van der Waals surface area contributed by atoms with Crippen molar-refractivity contribution in [2.45, 2.75) is 6.92 Å². The highest BCUT2D eigenvalue weighted by Crippen LogP contribution is 2.31. The molecule has 0 unspecified atom stereocenters. The van der Waals surface area contributed by atoms with E-state index in [4.69, 9.17) is 20.8 Å². The van der Waals surface area contributed by atoms with E-state index in [1.165, 1.54) is 4.68 Å². The molecule has 0 saturated carbocycles. The Balaban J connectivity index is 1.96. The van der Waals surface area contributed by atoms with E-state index < -0.39 is 0 Å². The van der Waals surface area contributed by atoms with Gasteiger partial charge in [-0.1, -0.05) is 23.7 Å². The van der Waals surface area contributed by atoms with Crippen LogP contribution < -0.4 is 10.3 Å². The van der Waals surface area contributed by atoms with Crippen molar-refractivity contribution in [3.63, 3.8) is 0 Å². The van der Waals surface area contributed by atoms with E-state index in [2.05, 4.69) is 5.10 Å². The number of hydrogen-bond acceptors (Lipinski definition) is 4. The average molecular weight is 341 g/mol. The van der Waals surface area contributed by atoms with Crippen LogP contribution in [0.4, 0.5) is 0 Å². The standard InChI is InChI=1S/C18H13ClN2O3/c1-2-23-15-5-3-4-11-10-14-17(24-16(11)15)20-21(18(14)22)13-8-6-12(19)7-9-13/h3-10H,2H2,1H3. The van der Waals surface area contributed by atoms with Gasteiger partial charge in [0, 0.05) is 10.4 Å². The van der Waals surface area contributed by atoms with Crippen molar-refractivity contribution in [1.82, 2.24) is 9.78 Å². The van der Waals surface area contributed by atoms with Crippen molar-refractivity contribution in [1.29, 1.82) is 0 Å². The van der Waals surface area contributed by atoms with Crippen LogP contribution in [0.1, 0.15) is 6.92 Å². The Kier molecular flexibility index (Phi) is 3.50. The van der Waals surface area contributed by atoms with Crippen molar-refractivity contribution >= 4 is 22.6 Å². The predicted molar refractivity (Wildman–Crippen MR) is 92.4 cm³/mol. The van der Waals surface area contributed by atoms with Crippen LogP contribution in [-0.4, -0.2) is 16.4 Å². The van der Waals surface area contributed by atoms with Gasteiger partial charge >= 0.3 is 0 Å². The smallest absolute Gasteiger partial charge is 0.284 e. The maximum atomic E-state index is 12.6. The summed E-state index contributed by atoms with van der Waals surface area (Å²) in [5.41, 5.74) is 1.39. The first-order valence-electron chi connectivity index (χ1n) is 7.51. The molecular weight excluding hydrogens is 328 g/mol. The van der Waals surface area contributed by atoms with Gasteiger partial charge in [-0.05, 0) is 43.3 Å². The summed E-state index contributed by atoms with van der Waals surface area (Å²) in [7, 11) is 0. The van der Waals surface area contributed by atoms with Crippen molar-refractivity contribution in [2.24, 2.45) is 0 Å². The largest absolute Gasteiger partial charge is 0.490 e. The second-order valence-electron chi connectivity index (χ2n) is 5.27. The van der Waals surface area contributed by atoms with Gasteiger partial charge in [-0.2, -0.15) is 4.68 Å². The quantitative estimate of drug-likeness (QED) is 0.562. The molecule has 0 aliphatic carbocycles. The SMILES string of the molecule is CCOc1cccc2cc3c(=O)n(-c4ccc(Cl)cc4)nc-3oc12. The Bertz CT molecular complexity index is 1050. The van der Waals surface area contributed by atoms with Gasteiger partial charge in [0.05, 0.1) is 12.3 Å². The van der Waals surface area contributed by atoms with Gasteiger partial charge in [0.15, 0.2) is 11.3 Å². The van der Waals surface area contributed by atoms with Crippen LogP contribution in [0, 0.1) is 0 Å². The van der Waals surface area contributed by atoms with E-state index in [-0.39, 0.29) is 11.4 Å². The number of rotatable bonds is 3. The monoisotopic (exact) mass is 340 g/mol. The number of aromatic nitrogens is 2. The van der Waals surface area contributed by atoms with Gasteiger partial charge in [-0.25, -0.2) is 0 Å².